The van der Waals surface area contributed by atoms with E-state index in [1.165, 1.54) is 49.5 Å². The Morgan fingerprint density at radius 3 is 2.08 bits per heavy atom. The molecule has 13 heteroatoms. The van der Waals surface area contributed by atoms with Gasteiger partial charge >= 0.3 is 0 Å². The van der Waals surface area contributed by atoms with Crippen molar-refractivity contribution in [3.63, 3.8) is 0 Å². The van der Waals surface area contributed by atoms with Crippen LogP contribution in [0.4, 0.5) is 10.1 Å². The van der Waals surface area contributed by atoms with E-state index in [1.807, 2.05) is 51.1 Å². The van der Waals surface area contributed by atoms with Crippen LogP contribution in [0, 0.1) is 5.82 Å². The van der Waals surface area contributed by atoms with E-state index in [2.05, 4.69) is 5.32 Å². The monoisotopic (exact) mass is 729 g/mol. The Bertz CT molecular complexity index is 1890. The summed E-state index contributed by atoms with van der Waals surface area (Å²) in [5.74, 6) is -1.30. The van der Waals surface area contributed by atoms with Crippen LogP contribution in [0.5, 0.6) is 11.5 Å². The highest BCUT2D eigenvalue weighted by molar-refractivity contribution is 7.92. The average Bonchev–Trinajstić information content (AvgIpc) is 3.06. The summed E-state index contributed by atoms with van der Waals surface area (Å²) in [5.41, 5.74) is 0.705. The van der Waals surface area contributed by atoms with Gasteiger partial charge in [0.1, 0.15) is 18.4 Å². The van der Waals surface area contributed by atoms with E-state index in [0.717, 1.165) is 22.0 Å². The summed E-state index contributed by atoms with van der Waals surface area (Å²) in [4.78, 5) is 29.8. The number of carbonyl (C=O) groups is 2. The van der Waals surface area contributed by atoms with E-state index in [4.69, 9.17) is 32.7 Å². The number of nitrogens with one attached hydrogen (secondary N) is 1. The maximum Gasteiger partial charge on any atom is 0.264 e. The van der Waals surface area contributed by atoms with Gasteiger partial charge in [-0.1, -0.05) is 59.6 Å². The molecule has 0 aliphatic heterocycles. The van der Waals surface area contributed by atoms with Gasteiger partial charge in [0, 0.05) is 24.6 Å². The molecule has 0 aromatic heterocycles. The molecule has 0 saturated heterocycles. The lowest BCUT2D eigenvalue weighted by Gasteiger charge is -2.35. The third-order valence-corrected chi connectivity index (χ3v) is 9.95. The van der Waals surface area contributed by atoms with Crippen molar-refractivity contribution < 1.29 is 31.9 Å². The minimum Gasteiger partial charge on any atom is -0.493 e. The van der Waals surface area contributed by atoms with E-state index >= 15 is 0 Å². The molecule has 260 valence electrons. The van der Waals surface area contributed by atoms with Crippen LogP contribution in [0.3, 0.4) is 0 Å². The number of benzene rings is 4. The van der Waals surface area contributed by atoms with E-state index < -0.39 is 45.8 Å². The lowest BCUT2D eigenvalue weighted by atomic mass is 10.0. The molecule has 0 fully saturated rings. The quantitative estimate of drug-likeness (QED) is 0.161. The van der Waals surface area contributed by atoms with Gasteiger partial charge in [0.15, 0.2) is 11.5 Å². The number of methoxy groups -OCH3 is 2. The predicted molar refractivity (Wildman–Crippen MR) is 189 cm³/mol. The van der Waals surface area contributed by atoms with Crippen LogP contribution >= 0.6 is 23.2 Å². The molecule has 0 saturated carbocycles. The first-order valence-corrected chi connectivity index (χ1v) is 17.4. The van der Waals surface area contributed by atoms with Crippen LogP contribution in [-0.4, -0.2) is 57.5 Å². The summed E-state index contributed by atoms with van der Waals surface area (Å²) >= 11 is 12.5. The van der Waals surface area contributed by atoms with Gasteiger partial charge < -0.3 is 19.7 Å². The second-order valence-electron chi connectivity index (χ2n) is 12.2. The number of ether oxygens (including phenoxy) is 2. The highest BCUT2D eigenvalue weighted by atomic mass is 35.5. The summed E-state index contributed by atoms with van der Waals surface area (Å²) in [6.45, 7) is 4.61. The van der Waals surface area contributed by atoms with Crippen molar-refractivity contribution in [2.24, 2.45) is 0 Å². The van der Waals surface area contributed by atoms with E-state index in [0.29, 0.717) is 16.3 Å². The second-order valence-corrected chi connectivity index (χ2v) is 14.9. The molecule has 0 bridgehead atoms. The number of sulfonamides is 1. The molecule has 49 heavy (non-hydrogen) atoms. The molecular weight excluding hydrogens is 692 g/mol. The molecule has 9 nitrogen and oxygen atoms in total. The minimum absolute atomic E-state index is 0.0257. The summed E-state index contributed by atoms with van der Waals surface area (Å²) < 4.78 is 54.2. The number of carbonyl (C=O) groups excluding carboxylic acids is 2. The number of nitrogens with zero attached hydrogens (tertiary/aromatic N) is 2. The number of halogens is 3. The van der Waals surface area contributed by atoms with Crippen molar-refractivity contribution in [3.05, 3.63) is 118 Å². The van der Waals surface area contributed by atoms with Gasteiger partial charge in [0.25, 0.3) is 10.0 Å². The van der Waals surface area contributed by atoms with Crippen molar-refractivity contribution in [1.82, 2.24) is 10.2 Å². The zero-order chi connectivity index (χ0) is 35.9. The fourth-order valence-corrected chi connectivity index (χ4v) is 6.83. The molecule has 0 spiro atoms. The molecule has 0 aliphatic rings. The lowest BCUT2D eigenvalue weighted by Crippen LogP contribution is -2.56. The standard InChI is InChI=1S/C36H38Cl2FN3O6S/c1-36(2,3)40-35(44)31(20-24-9-7-6-8-10-24)41(22-25-11-17-29(37)30(38)19-25)34(43)23-42(27-14-12-26(39)13-15-27)49(45,46)28-16-18-32(47-4)33(21-28)48-5/h6-19,21,31H,20,22-23H2,1-5H3,(H,40,44)/t31-/m1/s1. The van der Waals surface area contributed by atoms with Crippen LogP contribution in [0.1, 0.15) is 31.9 Å². The number of anilines is 1. The Hall–Kier alpha value is -4.32. The Kier molecular flexibility index (Phi) is 12.2. The van der Waals surface area contributed by atoms with Crippen LogP contribution in [-0.2, 0) is 32.6 Å². The second kappa shape index (κ2) is 15.9. The van der Waals surface area contributed by atoms with Crippen molar-refractivity contribution in [2.45, 2.75) is 50.2 Å². The van der Waals surface area contributed by atoms with Gasteiger partial charge in [-0.15, -0.1) is 0 Å². The number of hydrogen-bond acceptors (Lipinski definition) is 6. The Morgan fingerprint density at radius 1 is 0.837 bits per heavy atom. The van der Waals surface area contributed by atoms with Gasteiger partial charge in [-0.05, 0) is 80.4 Å². The number of hydrogen-bond donors (Lipinski definition) is 1. The zero-order valence-corrected chi connectivity index (χ0v) is 30.1. The third-order valence-electron chi connectivity index (χ3n) is 7.44. The Balaban J connectivity index is 1.85. The van der Waals surface area contributed by atoms with Crippen molar-refractivity contribution in [2.75, 3.05) is 25.1 Å². The fraction of sp³-hybridized carbons (Fsp3) is 0.278. The number of rotatable bonds is 13. The molecule has 4 aromatic carbocycles. The topological polar surface area (TPSA) is 105 Å². The van der Waals surface area contributed by atoms with Crippen LogP contribution < -0.4 is 19.1 Å². The molecule has 4 aromatic rings. The molecular formula is C36H38Cl2FN3O6S. The normalized spacial score (nSPS) is 12.2. The summed E-state index contributed by atoms with van der Waals surface area (Å²) in [6, 6.07) is 21.7. The first-order valence-electron chi connectivity index (χ1n) is 15.2. The first-order chi connectivity index (χ1) is 23.1. The fourth-order valence-electron chi connectivity index (χ4n) is 5.08. The average molecular weight is 731 g/mol. The summed E-state index contributed by atoms with van der Waals surface area (Å²) in [5, 5.41) is 3.52. The highest BCUT2D eigenvalue weighted by Gasteiger charge is 2.36. The highest BCUT2D eigenvalue weighted by Crippen LogP contribution is 2.33. The SMILES string of the molecule is COc1ccc(S(=O)(=O)N(CC(=O)N(Cc2ccc(Cl)c(Cl)c2)[C@H](Cc2ccccc2)C(=O)NC(C)(C)C)c2ccc(F)cc2)cc1OC. The van der Waals surface area contributed by atoms with E-state index in [9.17, 15) is 22.4 Å². The van der Waals surface area contributed by atoms with E-state index in [-0.39, 0.29) is 34.3 Å². The summed E-state index contributed by atoms with van der Waals surface area (Å²) in [7, 11) is -1.70. The molecule has 0 heterocycles. The van der Waals surface area contributed by atoms with Gasteiger partial charge in [0.2, 0.25) is 11.8 Å². The Morgan fingerprint density at radius 2 is 1.49 bits per heavy atom. The van der Waals surface area contributed by atoms with Crippen LogP contribution in [0.15, 0.2) is 95.9 Å². The van der Waals surface area contributed by atoms with Crippen LogP contribution in [0.25, 0.3) is 0 Å². The molecule has 2 amide bonds. The molecule has 0 aliphatic carbocycles. The first kappa shape index (κ1) is 37.5. The molecule has 1 atom stereocenters. The largest absolute Gasteiger partial charge is 0.493 e. The lowest BCUT2D eigenvalue weighted by molar-refractivity contribution is -0.140. The molecule has 4 rings (SSSR count). The van der Waals surface area contributed by atoms with Gasteiger partial charge in [-0.3, -0.25) is 13.9 Å². The zero-order valence-electron chi connectivity index (χ0n) is 27.7. The number of amides is 2. The molecule has 0 radical (unpaired) electrons. The van der Waals surface area contributed by atoms with Crippen LogP contribution in [0.2, 0.25) is 10.0 Å². The predicted octanol–water partition coefficient (Wildman–Crippen LogP) is 6.90. The maximum atomic E-state index is 14.6. The van der Waals surface area contributed by atoms with E-state index in [1.54, 1.807) is 18.2 Å². The van der Waals surface area contributed by atoms with Gasteiger partial charge in [0.05, 0.1) is 34.8 Å². The maximum absolute atomic E-state index is 14.6. The smallest absolute Gasteiger partial charge is 0.264 e. The van der Waals surface area contributed by atoms with Crippen molar-refractivity contribution >= 4 is 50.7 Å². The van der Waals surface area contributed by atoms with Crippen molar-refractivity contribution in [3.8, 4) is 11.5 Å². The van der Waals surface area contributed by atoms with Gasteiger partial charge in [-0.2, -0.15) is 0 Å². The minimum atomic E-state index is -4.48. The Labute approximate surface area is 296 Å². The third kappa shape index (κ3) is 9.65. The molecule has 1 N–H and O–H groups in total. The van der Waals surface area contributed by atoms with Gasteiger partial charge in [-0.25, -0.2) is 12.8 Å². The molecule has 0 unspecified atom stereocenters. The van der Waals surface area contributed by atoms with Crippen molar-refractivity contribution in [1.29, 1.82) is 0 Å². The summed E-state index contributed by atoms with van der Waals surface area (Å²) in [6.07, 6.45) is 0.120.